The third-order valence-electron chi connectivity index (χ3n) is 3.02. The van der Waals surface area contributed by atoms with E-state index in [4.69, 9.17) is 11.6 Å². The Balaban J connectivity index is 1.89. The maximum absolute atomic E-state index is 11.8. The van der Waals surface area contributed by atoms with Crippen molar-refractivity contribution >= 4 is 56.1 Å². The van der Waals surface area contributed by atoms with E-state index in [0.717, 1.165) is 21.7 Å². The Kier molecular flexibility index (Phi) is 4.66. The highest BCUT2D eigenvalue weighted by Gasteiger charge is 2.16. The number of halogens is 1. The smallest absolute Gasteiger partial charge is 0.226 e. The van der Waals surface area contributed by atoms with Crippen molar-refractivity contribution in [2.75, 3.05) is 17.3 Å². The molecular formula is C14H13ClN4OS2. The molecule has 0 fully saturated rings. The fourth-order valence-electron chi connectivity index (χ4n) is 1.98. The molecule has 0 saturated carbocycles. The second-order valence-corrected chi connectivity index (χ2v) is 6.93. The highest BCUT2D eigenvalue weighted by Crippen LogP contribution is 2.36. The summed E-state index contributed by atoms with van der Waals surface area (Å²) in [5.74, 6) is 0.764. The average molecular weight is 353 g/mol. The molecule has 8 heteroatoms. The zero-order valence-electron chi connectivity index (χ0n) is 11.7. The number of carbonyl (C=O) groups excluding carboxylic acids is 1. The van der Waals surface area contributed by atoms with Crippen LogP contribution in [0, 0.1) is 0 Å². The van der Waals surface area contributed by atoms with E-state index in [-0.39, 0.29) is 5.91 Å². The van der Waals surface area contributed by atoms with Crippen molar-refractivity contribution in [1.29, 1.82) is 0 Å². The normalized spacial score (nSPS) is 11.0. The number of thioether (sulfide) groups is 1. The van der Waals surface area contributed by atoms with Crippen LogP contribution in [0.4, 0.5) is 5.13 Å². The van der Waals surface area contributed by atoms with E-state index in [1.54, 1.807) is 11.8 Å². The lowest BCUT2D eigenvalue weighted by atomic mass is 10.1. The highest BCUT2D eigenvalue weighted by atomic mass is 35.5. The number of benzene rings is 1. The fourth-order valence-corrected chi connectivity index (χ4v) is 3.53. The SMILES string of the molecule is CSCCC(=O)Nc1nc2[nH]nc(-c3ccccc3Cl)c2s1. The summed E-state index contributed by atoms with van der Waals surface area (Å²) in [4.78, 5) is 16.1. The number of rotatable bonds is 5. The molecule has 1 aromatic carbocycles. The quantitative estimate of drug-likeness (QED) is 0.727. The van der Waals surface area contributed by atoms with Gasteiger partial charge in [0.15, 0.2) is 10.8 Å². The standard InChI is InChI=1S/C14H13ClN4OS2/c1-21-7-6-10(20)16-14-17-13-12(22-14)11(18-19-13)8-4-2-3-5-9(8)15/h2-5H,6-7H2,1H3,(H2,16,17,18,19,20). The van der Waals surface area contributed by atoms with Crippen molar-refractivity contribution in [3.05, 3.63) is 29.3 Å². The minimum absolute atomic E-state index is 0.0296. The monoisotopic (exact) mass is 352 g/mol. The van der Waals surface area contributed by atoms with Gasteiger partial charge in [0.25, 0.3) is 0 Å². The Hall–Kier alpha value is -1.57. The average Bonchev–Trinajstić information content (AvgIpc) is 3.06. The van der Waals surface area contributed by atoms with Gasteiger partial charge in [0.2, 0.25) is 5.91 Å². The van der Waals surface area contributed by atoms with Gasteiger partial charge in [0.1, 0.15) is 10.4 Å². The first-order valence-corrected chi connectivity index (χ1v) is 9.16. The number of H-pyrrole nitrogens is 1. The lowest BCUT2D eigenvalue weighted by Gasteiger charge is -2.00. The summed E-state index contributed by atoms with van der Waals surface area (Å²) < 4.78 is 0.883. The number of hydrogen-bond donors (Lipinski definition) is 2. The highest BCUT2D eigenvalue weighted by molar-refractivity contribution is 7.98. The Morgan fingerprint density at radius 3 is 3.05 bits per heavy atom. The van der Waals surface area contributed by atoms with Crippen molar-refractivity contribution in [1.82, 2.24) is 15.2 Å². The van der Waals surface area contributed by atoms with Crippen LogP contribution < -0.4 is 5.32 Å². The summed E-state index contributed by atoms with van der Waals surface area (Å²) >= 11 is 9.26. The van der Waals surface area contributed by atoms with Crippen LogP contribution in [-0.2, 0) is 4.79 Å². The number of aromatic nitrogens is 3. The van der Waals surface area contributed by atoms with Crippen LogP contribution >= 0.6 is 34.7 Å². The van der Waals surface area contributed by atoms with Crippen LogP contribution in [0.1, 0.15) is 6.42 Å². The molecule has 0 aliphatic rings. The number of carbonyl (C=O) groups is 1. The van der Waals surface area contributed by atoms with Gasteiger partial charge in [-0.05, 0) is 12.3 Å². The third-order valence-corrected chi connectivity index (χ3v) is 4.94. The molecule has 114 valence electrons. The van der Waals surface area contributed by atoms with Crippen LogP contribution in [-0.4, -0.2) is 33.1 Å². The van der Waals surface area contributed by atoms with Gasteiger partial charge in [-0.1, -0.05) is 41.1 Å². The minimum atomic E-state index is -0.0296. The van der Waals surface area contributed by atoms with Gasteiger partial charge in [-0.25, -0.2) is 4.98 Å². The summed E-state index contributed by atoms with van der Waals surface area (Å²) in [6, 6.07) is 7.52. The van der Waals surface area contributed by atoms with E-state index in [1.165, 1.54) is 11.3 Å². The summed E-state index contributed by atoms with van der Waals surface area (Å²) in [6.45, 7) is 0. The molecule has 2 aromatic heterocycles. The van der Waals surface area contributed by atoms with Crippen LogP contribution in [0.3, 0.4) is 0 Å². The molecule has 1 amide bonds. The van der Waals surface area contributed by atoms with Gasteiger partial charge in [-0.15, -0.1) is 0 Å². The molecular weight excluding hydrogens is 340 g/mol. The van der Waals surface area contributed by atoms with E-state index < -0.39 is 0 Å². The summed E-state index contributed by atoms with van der Waals surface area (Å²) in [7, 11) is 0. The number of amides is 1. The first-order chi connectivity index (χ1) is 10.7. The molecule has 0 saturated heterocycles. The zero-order chi connectivity index (χ0) is 15.5. The number of fused-ring (bicyclic) bond motifs is 1. The van der Waals surface area contributed by atoms with E-state index in [1.807, 2.05) is 30.5 Å². The molecule has 22 heavy (non-hydrogen) atoms. The molecule has 0 spiro atoms. The van der Waals surface area contributed by atoms with Crippen molar-refractivity contribution < 1.29 is 4.79 Å². The number of anilines is 1. The van der Waals surface area contributed by atoms with Gasteiger partial charge >= 0.3 is 0 Å². The number of aromatic amines is 1. The first kappa shape index (κ1) is 15.3. The van der Waals surface area contributed by atoms with Gasteiger partial charge in [-0.3, -0.25) is 9.89 Å². The van der Waals surface area contributed by atoms with Crippen molar-refractivity contribution in [2.24, 2.45) is 0 Å². The molecule has 2 heterocycles. The lowest BCUT2D eigenvalue weighted by Crippen LogP contribution is -2.11. The van der Waals surface area contributed by atoms with Crippen molar-refractivity contribution in [2.45, 2.75) is 6.42 Å². The molecule has 2 N–H and O–H groups in total. The predicted molar refractivity (Wildman–Crippen MR) is 93.8 cm³/mol. The molecule has 0 radical (unpaired) electrons. The topological polar surface area (TPSA) is 70.7 Å². The molecule has 0 bridgehead atoms. The molecule has 0 aliphatic heterocycles. The maximum Gasteiger partial charge on any atom is 0.226 e. The lowest BCUT2D eigenvalue weighted by molar-refractivity contribution is -0.115. The Morgan fingerprint density at radius 2 is 2.27 bits per heavy atom. The molecule has 5 nitrogen and oxygen atoms in total. The molecule has 0 atom stereocenters. The second-order valence-electron chi connectivity index (χ2n) is 4.54. The first-order valence-electron chi connectivity index (χ1n) is 6.57. The summed E-state index contributed by atoms with van der Waals surface area (Å²) in [5.41, 5.74) is 2.25. The van der Waals surface area contributed by atoms with E-state index in [2.05, 4.69) is 20.5 Å². The van der Waals surface area contributed by atoms with Gasteiger partial charge < -0.3 is 5.32 Å². The Morgan fingerprint density at radius 1 is 1.45 bits per heavy atom. The van der Waals surface area contributed by atoms with Crippen molar-refractivity contribution in [3.8, 4) is 11.3 Å². The number of thiazole rings is 1. The molecule has 3 rings (SSSR count). The van der Waals surface area contributed by atoms with Gasteiger partial charge in [0.05, 0.1) is 5.02 Å². The largest absolute Gasteiger partial charge is 0.302 e. The van der Waals surface area contributed by atoms with Gasteiger partial charge in [-0.2, -0.15) is 16.9 Å². The predicted octanol–water partition coefficient (Wildman–Crippen LogP) is 4.03. The second kappa shape index (κ2) is 6.68. The van der Waals surface area contributed by atoms with Crippen molar-refractivity contribution in [3.63, 3.8) is 0 Å². The Bertz CT molecular complexity index is 814. The van der Waals surface area contributed by atoms with Gasteiger partial charge in [0, 0.05) is 17.7 Å². The van der Waals surface area contributed by atoms with E-state index >= 15 is 0 Å². The Labute approximate surface area is 140 Å². The van der Waals surface area contributed by atoms with Crippen LogP contribution in [0.2, 0.25) is 5.02 Å². The third kappa shape index (κ3) is 3.11. The van der Waals surface area contributed by atoms with Crippen LogP contribution in [0.5, 0.6) is 0 Å². The fraction of sp³-hybridized carbons (Fsp3) is 0.214. The number of hydrogen-bond acceptors (Lipinski definition) is 5. The van der Waals surface area contributed by atoms with E-state index in [9.17, 15) is 4.79 Å². The van der Waals surface area contributed by atoms with E-state index in [0.29, 0.717) is 22.2 Å². The number of nitrogens with zero attached hydrogens (tertiary/aromatic N) is 2. The molecule has 0 unspecified atom stereocenters. The minimum Gasteiger partial charge on any atom is -0.302 e. The van der Waals surface area contributed by atoms with Crippen LogP contribution in [0.25, 0.3) is 21.6 Å². The van der Waals surface area contributed by atoms with Crippen LogP contribution in [0.15, 0.2) is 24.3 Å². The summed E-state index contributed by atoms with van der Waals surface area (Å²) in [6.07, 6.45) is 2.45. The summed E-state index contributed by atoms with van der Waals surface area (Å²) in [5, 5.41) is 11.2. The maximum atomic E-state index is 11.8. The molecule has 0 aliphatic carbocycles. The molecule has 3 aromatic rings. The zero-order valence-corrected chi connectivity index (χ0v) is 14.1. The number of nitrogens with one attached hydrogen (secondary N) is 2.